The molecule has 7 heteroatoms. The Morgan fingerprint density at radius 3 is 2.15 bits per heavy atom. The fourth-order valence-corrected chi connectivity index (χ4v) is 1.45. The van der Waals surface area contributed by atoms with Crippen molar-refractivity contribution in [3.05, 3.63) is 0 Å². The average molecular weight is 220 g/mol. The number of halogens is 3. The second kappa shape index (κ2) is 4.44. The van der Waals surface area contributed by atoms with Gasteiger partial charge in [-0.1, -0.05) is 13.8 Å². The highest BCUT2D eigenvalue weighted by Gasteiger charge is 2.42. The maximum absolute atomic E-state index is 12.0. The van der Waals surface area contributed by atoms with Gasteiger partial charge >= 0.3 is 13.8 Å². The van der Waals surface area contributed by atoms with E-state index < -0.39 is 19.9 Å². The molecule has 80 valence electrons. The molecule has 0 heterocycles. The first-order valence-electron chi connectivity index (χ1n) is 3.80. The van der Waals surface area contributed by atoms with E-state index in [1.165, 1.54) is 13.8 Å². The molecule has 0 radical (unpaired) electrons. The molecular weight excluding hydrogens is 208 g/mol. The minimum Gasteiger partial charge on any atom is -0.324 e. The second-order valence-corrected chi connectivity index (χ2v) is 4.62. The Hall–Kier alpha value is -0.0600. The van der Waals surface area contributed by atoms with E-state index in [1.54, 1.807) is 0 Å². The molecule has 13 heavy (non-hydrogen) atoms. The molecule has 0 fully saturated rings. The Morgan fingerprint density at radius 1 is 1.46 bits per heavy atom. The highest BCUT2D eigenvalue weighted by molar-refractivity contribution is 7.52. The summed E-state index contributed by atoms with van der Waals surface area (Å²) in [5.41, 5.74) is 0. The molecule has 0 aliphatic rings. The van der Waals surface area contributed by atoms with Crippen LogP contribution in [0.25, 0.3) is 0 Å². The lowest BCUT2D eigenvalue weighted by Gasteiger charge is -2.21. The van der Waals surface area contributed by atoms with Crippen molar-refractivity contribution in [3.63, 3.8) is 0 Å². The number of hydrogen-bond acceptors (Lipinski definition) is 2. The van der Waals surface area contributed by atoms with Crippen LogP contribution in [0.3, 0.4) is 0 Å². The van der Waals surface area contributed by atoms with E-state index in [1.807, 2.05) is 0 Å². The van der Waals surface area contributed by atoms with Gasteiger partial charge in [-0.2, -0.15) is 13.2 Å². The summed E-state index contributed by atoms with van der Waals surface area (Å²) in [4.78, 5) is 8.82. The van der Waals surface area contributed by atoms with E-state index >= 15 is 0 Å². The summed E-state index contributed by atoms with van der Waals surface area (Å²) in [6.07, 6.45) is -7.42. The Morgan fingerprint density at radius 2 is 1.92 bits per heavy atom. The van der Waals surface area contributed by atoms with E-state index in [9.17, 15) is 17.7 Å². The molecule has 0 aromatic rings. The molecule has 3 nitrogen and oxygen atoms in total. The minimum atomic E-state index is -4.58. The number of rotatable bonds is 4. The maximum Gasteiger partial charge on any atom is 0.415 e. The van der Waals surface area contributed by atoms with Gasteiger partial charge in [0.25, 0.3) is 0 Å². The van der Waals surface area contributed by atoms with Crippen LogP contribution in [0.4, 0.5) is 13.2 Å². The average Bonchev–Trinajstić information content (AvgIpc) is 1.98. The predicted octanol–water partition coefficient (Wildman–Crippen LogP) is 2.55. The first-order valence-corrected chi connectivity index (χ1v) is 5.56. The van der Waals surface area contributed by atoms with Crippen LogP contribution in [-0.2, 0) is 9.09 Å². The van der Waals surface area contributed by atoms with E-state index in [-0.39, 0.29) is 12.6 Å². The third-order valence-corrected chi connectivity index (χ3v) is 2.81. The van der Waals surface area contributed by atoms with Crippen molar-refractivity contribution >= 4 is 7.60 Å². The Labute approximate surface area is 74.4 Å². The molecule has 2 unspecified atom stereocenters. The smallest absolute Gasteiger partial charge is 0.324 e. The quantitative estimate of drug-likeness (QED) is 0.740. The molecule has 0 aliphatic heterocycles. The predicted molar refractivity (Wildman–Crippen MR) is 41.6 cm³/mol. The van der Waals surface area contributed by atoms with Gasteiger partial charge in [0.15, 0.2) is 6.10 Å². The summed E-state index contributed by atoms with van der Waals surface area (Å²) in [5.74, 6) is 0. The van der Waals surface area contributed by atoms with Crippen LogP contribution in [0, 0.1) is 0 Å². The molecule has 1 N–H and O–H groups in total. The second-order valence-electron chi connectivity index (χ2n) is 2.50. The third kappa shape index (κ3) is 4.64. The summed E-state index contributed by atoms with van der Waals surface area (Å²) >= 11 is 0. The van der Waals surface area contributed by atoms with Crippen molar-refractivity contribution in [3.8, 4) is 0 Å². The van der Waals surface area contributed by atoms with Crippen molar-refractivity contribution < 1.29 is 27.2 Å². The topological polar surface area (TPSA) is 46.5 Å². The molecular formula is C6H12F3O3P. The van der Waals surface area contributed by atoms with Gasteiger partial charge in [-0.15, -0.1) is 0 Å². The summed E-state index contributed by atoms with van der Waals surface area (Å²) in [5, 5.41) is 0. The summed E-state index contributed by atoms with van der Waals surface area (Å²) < 4.78 is 51.0. The van der Waals surface area contributed by atoms with Gasteiger partial charge in [0.05, 0.1) is 0 Å². The zero-order chi connectivity index (χ0) is 10.7. The first kappa shape index (κ1) is 12.9. The lowest BCUT2D eigenvalue weighted by atomic mass is 10.3. The van der Waals surface area contributed by atoms with Crippen LogP contribution in [0.2, 0.25) is 0 Å². The molecule has 0 rings (SSSR count). The zero-order valence-corrected chi connectivity index (χ0v) is 8.23. The summed E-state index contributed by atoms with van der Waals surface area (Å²) in [6.45, 7) is 2.54. The Balaban J connectivity index is 4.39. The van der Waals surface area contributed by atoms with Gasteiger partial charge in [-0.05, 0) is 6.42 Å². The van der Waals surface area contributed by atoms with Crippen molar-refractivity contribution in [1.82, 2.24) is 0 Å². The monoisotopic (exact) mass is 220 g/mol. The van der Waals surface area contributed by atoms with Crippen LogP contribution in [0.5, 0.6) is 0 Å². The molecule has 0 spiro atoms. The van der Waals surface area contributed by atoms with E-state index in [2.05, 4.69) is 4.52 Å². The van der Waals surface area contributed by atoms with Crippen LogP contribution in [0.15, 0.2) is 0 Å². The van der Waals surface area contributed by atoms with Crippen molar-refractivity contribution in [2.24, 2.45) is 0 Å². The van der Waals surface area contributed by atoms with Gasteiger partial charge in [0.2, 0.25) is 0 Å². The van der Waals surface area contributed by atoms with Crippen molar-refractivity contribution in [1.29, 1.82) is 0 Å². The standard InChI is InChI=1S/C6H12F3O3P/c1-3-5(6(7,8)9)12-13(10,11)4-2/h5H,3-4H2,1-2H3,(H,10,11). The maximum atomic E-state index is 12.0. The third-order valence-electron chi connectivity index (χ3n) is 1.43. The van der Waals surface area contributed by atoms with Crippen LogP contribution in [0.1, 0.15) is 20.3 Å². The number of hydrogen-bond donors (Lipinski definition) is 1. The highest BCUT2D eigenvalue weighted by Crippen LogP contribution is 2.46. The lowest BCUT2D eigenvalue weighted by Crippen LogP contribution is -2.30. The van der Waals surface area contributed by atoms with Gasteiger partial charge in [0.1, 0.15) is 0 Å². The summed E-state index contributed by atoms with van der Waals surface area (Å²) in [7, 11) is -4.06. The van der Waals surface area contributed by atoms with E-state index in [0.29, 0.717) is 0 Å². The Bertz CT molecular complexity index is 204. The van der Waals surface area contributed by atoms with E-state index in [4.69, 9.17) is 4.89 Å². The lowest BCUT2D eigenvalue weighted by molar-refractivity contribution is -0.197. The zero-order valence-electron chi connectivity index (χ0n) is 7.34. The molecule has 0 bridgehead atoms. The first-order chi connectivity index (χ1) is 5.73. The fourth-order valence-electron chi connectivity index (χ4n) is 0.639. The molecule has 2 atom stereocenters. The van der Waals surface area contributed by atoms with Crippen molar-refractivity contribution in [2.45, 2.75) is 32.5 Å². The van der Waals surface area contributed by atoms with Gasteiger partial charge in [-0.3, -0.25) is 9.09 Å². The Kier molecular flexibility index (Phi) is 4.42. The molecule has 0 aromatic heterocycles. The molecule has 0 saturated carbocycles. The van der Waals surface area contributed by atoms with Crippen LogP contribution >= 0.6 is 7.60 Å². The van der Waals surface area contributed by atoms with Crippen molar-refractivity contribution in [2.75, 3.05) is 6.16 Å². The van der Waals surface area contributed by atoms with Crippen LogP contribution < -0.4 is 0 Å². The van der Waals surface area contributed by atoms with Gasteiger partial charge in [-0.25, -0.2) is 0 Å². The molecule has 0 aromatic carbocycles. The normalized spacial score (nSPS) is 19.5. The van der Waals surface area contributed by atoms with Crippen LogP contribution in [-0.4, -0.2) is 23.3 Å². The fraction of sp³-hybridized carbons (Fsp3) is 1.00. The minimum absolute atomic E-state index is 0.320. The van der Waals surface area contributed by atoms with Gasteiger partial charge < -0.3 is 4.89 Å². The molecule has 0 aliphatic carbocycles. The largest absolute Gasteiger partial charge is 0.415 e. The SMILES string of the molecule is CCC(OP(=O)(O)CC)C(F)(F)F. The molecule has 0 amide bonds. The molecule has 0 saturated heterocycles. The van der Waals surface area contributed by atoms with Gasteiger partial charge in [0, 0.05) is 6.16 Å². The summed E-state index contributed by atoms with van der Waals surface area (Å²) in [6, 6.07) is 0. The van der Waals surface area contributed by atoms with E-state index in [0.717, 1.165) is 0 Å². The highest BCUT2D eigenvalue weighted by atomic mass is 31.2. The number of alkyl halides is 3.